The van der Waals surface area contributed by atoms with E-state index in [1.807, 2.05) is 22.7 Å². The molecule has 0 atom stereocenters. The van der Waals surface area contributed by atoms with E-state index in [-0.39, 0.29) is 11.3 Å². The Morgan fingerprint density at radius 3 is 2.48 bits per heavy atom. The van der Waals surface area contributed by atoms with Gasteiger partial charge < -0.3 is 5.32 Å². The van der Waals surface area contributed by atoms with Crippen molar-refractivity contribution in [1.29, 1.82) is 0 Å². The molecule has 0 bridgehead atoms. The minimum absolute atomic E-state index is 0.00330. The number of benzene rings is 1. The molecule has 1 amide bonds. The second kappa shape index (κ2) is 8.26. The summed E-state index contributed by atoms with van der Waals surface area (Å²) < 4.78 is 1.98. The van der Waals surface area contributed by atoms with Gasteiger partial charge in [0.15, 0.2) is 0 Å². The molecule has 1 aliphatic rings. The number of anilines is 1. The van der Waals surface area contributed by atoms with Crippen LogP contribution in [0.4, 0.5) is 5.82 Å². The second-order valence-corrected chi connectivity index (χ2v) is 8.77. The zero-order chi connectivity index (χ0) is 19.4. The fourth-order valence-corrected chi connectivity index (χ4v) is 3.76. The number of amides is 1. The minimum Gasteiger partial charge on any atom is -0.310 e. The number of carbonyl (C=O) groups excluding carboxylic acids is 1. The lowest BCUT2D eigenvalue weighted by Gasteiger charge is -2.21. The van der Waals surface area contributed by atoms with Gasteiger partial charge in [0.1, 0.15) is 5.82 Å². The average molecular weight is 369 g/mol. The Labute approximate surface area is 162 Å². The van der Waals surface area contributed by atoms with Crippen LogP contribution in [0.3, 0.4) is 0 Å². The molecule has 0 saturated heterocycles. The van der Waals surface area contributed by atoms with E-state index in [2.05, 4.69) is 55.5 Å². The Morgan fingerprint density at radius 1 is 1.19 bits per heavy atom. The van der Waals surface area contributed by atoms with Crippen LogP contribution in [0.2, 0.25) is 0 Å². The second-order valence-electron chi connectivity index (χ2n) is 8.77. The maximum absolute atomic E-state index is 12.5. The highest BCUT2D eigenvalue weighted by Gasteiger charge is 2.20. The zero-order valence-corrected chi connectivity index (χ0v) is 17.0. The molecule has 1 N–H and O–H groups in total. The Bertz CT molecular complexity index is 751. The third kappa shape index (κ3) is 5.19. The highest BCUT2D eigenvalue weighted by molar-refractivity contribution is 5.91. The van der Waals surface area contributed by atoms with Crippen molar-refractivity contribution in [3.63, 3.8) is 0 Å². The maximum atomic E-state index is 12.5. The minimum atomic E-state index is 0.00330. The first-order chi connectivity index (χ1) is 12.8. The summed E-state index contributed by atoms with van der Waals surface area (Å²) in [6.07, 6.45) is 6.56. The van der Waals surface area contributed by atoms with Crippen molar-refractivity contribution >= 4 is 11.7 Å². The molecular formula is C22H32N4O. The molecule has 146 valence electrons. The van der Waals surface area contributed by atoms with Gasteiger partial charge in [-0.1, -0.05) is 57.9 Å². The quantitative estimate of drug-likeness (QED) is 0.824. The van der Waals surface area contributed by atoms with Crippen molar-refractivity contribution in [3.8, 4) is 0 Å². The van der Waals surface area contributed by atoms with Gasteiger partial charge in [0.05, 0.1) is 18.8 Å². The number of nitrogens with zero attached hydrogens (tertiary/aromatic N) is 3. The summed E-state index contributed by atoms with van der Waals surface area (Å²) in [5.41, 5.74) is 2.70. The summed E-state index contributed by atoms with van der Waals surface area (Å²) in [4.78, 5) is 14.5. The largest absolute Gasteiger partial charge is 0.310 e. The Balaban J connectivity index is 1.53. The summed E-state index contributed by atoms with van der Waals surface area (Å²) in [6.45, 7) is 7.76. The molecule has 0 unspecified atom stereocenters. The van der Waals surface area contributed by atoms with E-state index in [1.54, 1.807) is 6.20 Å². The van der Waals surface area contributed by atoms with Crippen LogP contribution in [0.15, 0.2) is 36.5 Å². The van der Waals surface area contributed by atoms with E-state index >= 15 is 0 Å². The molecule has 5 heteroatoms. The van der Waals surface area contributed by atoms with Crippen LogP contribution in [-0.2, 0) is 16.8 Å². The third-order valence-electron chi connectivity index (χ3n) is 5.29. The smallest absolute Gasteiger partial charge is 0.239 e. The van der Waals surface area contributed by atoms with Gasteiger partial charge in [-0.2, -0.15) is 5.10 Å². The fourth-order valence-electron chi connectivity index (χ4n) is 3.76. The lowest BCUT2D eigenvalue weighted by Crippen LogP contribution is -2.30. The third-order valence-corrected chi connectivity index (χ3v) is 5.29. The van der Waals surface area contributed by atoms with E-state index in [4.69, 9.17) is 0 Å². The molecule has 5 nitrogen and oxygen atoms in total. The summed E-state index contributed by atoms with van der Waals surface area (Å²) in [5.74, 6) is 0.818. The molecule has 0 radical (unpaired) electrons. The van der Waals surface area contributed by atoms with Gasteiger partial charge in [-0.25, -0.2) is 4.68 Å². The molecule has 1 aliphatic carbocycles. The molecular weight excluding hydrogens is 336 g/mol. The Hall–Kier alpha value is -2.14. The van der Waals surface area contributed by atoms with Crippen LogP contribution in [-0.4, -0.2) is 34.2 Å². The number of nitrogens with one attached hydrogen (secondary N) is 1. The first-order valence-corrected chi connectivity index (χ1v) is 9.94. The maximum Gasteiger partial charge on any atom is 0.239 e. The highest BCUT2D eigenvalue weighted by Crippen LogP contribution is 2.31. The van der Waals surface area contributed by atoms with Crippen molar-refractivity contribution < 1.29 is 4.79 Å². The summed E-state index contributed by atoms with van der Waals surface area (Å²) in [7, 11) is 1.98. The van der Waals surface area contributed by atoms with E-state index < -0.39 is 0 Å². The highest BCUT2D eigenvalue weighted by atomic mass is 16.2. The average Bonchev–Trinajstić information content (AvgIpc) is 3.25. The van der Waals surface area contributed by atoms with E-state index in [9.17, 15) is 4.79 Å². The van der Waals surface area contributed by atoms with Crippen LogP contribution in [0.5, 0.6) is 0 Å². The topological polar surface area (TPSA) is 50.2 Å². The van der Waals surface area contributed by atoms with Crippen LogP contribution in [0.25, 0.3) is 0 Å². The normalized spacial score (nSPS) is 15.4. The molecule has 0 aliphatic heterocycles. The van der Waals surface area contributed by atoms with Crippen LogP contribution < -0.4 is 5.32 Å². The van der Waals surface area contributed by atoms with Crippen molar-refractivity contribution in [2.45, 2.75) is 64.5 Å². The molecule has 1 fully saturated rings. The molecule has 1 aromatic carbocycles. The molecule has 1 saturated carbocycles. The molecule has 1 aromatic heterocycles. The summed E-state index contributed by atoms with van der Waals surface area (Å²) in [5, 5.41) is 7.45. The van der Waals surface area contributed by atoms with E-state index in [0.717, 1.165) is 25.2 Å². The number of carbonyl (C=O) groups is 1. The van der Waals surface area contributed by atoms with Gasteiger partial charge in [0, 0.05) is 12.6 Å². The first kappa shape index (κ1) is 19.6. The van der Waals surface area contributed by atoms with Gasteiger partial charge in [-0.05, 0) is 36.4 Å². The first-order valence-electron chi connectivity index (χ1n) is 9.94. The standard InChI is InChI=1S/C22H32N4O/c1-22(2,3)18-11-9-17(10-12-18)15-25(4)16-21(27)24-20-13-14-23-26(20)19-7-5-6-8-19/h9-14,19H,5-8,15-16H2,1-4H3,(H,24,27). The van der Waals surface area contributed by atoms with Gasteiger partial charge in [0.25, 0.3) is 0 Å². The van der Waals surface area contributed by atoms with Crippen molar-refractivity contribution in [1.82, 2.24) is 14.7 Å². The predicted molar refractivity (Wildman–Crippen MR) is 110 cm³/mol. The lowest BCUT2D eigenvalue weighted by molar-refractivity contribution is -0.117. The monoisotopic (exact) mass is 368 g/mol. The number of hydrogen-bond acceptors (Lipinski definition) is 3. The lowest BCUT2D eigenvalue weighted by atomic mass is 9.87. The van der Waals surface area contributed by atoms with Crippen molar-refractivity contribution in [3.05, 3.63) is 47.7 Å². The number of hydrogen-bond donors (Lipinski definition) is 1. The number of aromatic nitrogens is 2. The number of likely N-dealkylation sites (N-methyl/N-ethyl adjacent to an activating group) is 1. The van der Waals surface area contributed by atoms with Crippen molar-refractivity contribution in [2.24, 2.45) is 0 Å². The van der Waals surface area contributed by atoms with E-state index in [1.165, 1.54) is 24.0 Å². The van der Waals surface area contributed by atoms with Gasteiger partial charge >= 0.3 is 0 Å². The van der Waals surface area contributed by atoms with Crippen LogP contribution >= 0.6 is 0 Å². The number of rotatable bonds is 6. The fraction of sp³-hybridized carbons (Fsp3) is 0.545. The Morgan fingerprint density at radius 2 is 1.85 bits per heavy atom. The molecule has 2 aromatic rings. The van der Waals surface area contributed by atoms with Crippen LogP contribution in [0.1, 0.15) is 63.6 Å². The molecule has 27 heavy (non-hydrogen) atoms. The molecule has 0 spiro atoms. The van der Waals surface area contributed by atoms with Gasteiger partial charge in [0.2, 0.25) is 5.91 Å². The van der Waals surface area contributed by atoms with Gasteiger partial charge in [-0.3, -0.25) is 9.69 Å². The molecule has 1 heterocycles. The van der Waals surface area contributed by atoms with Crippen molar-refractivity contribution in [2.75, 3.05) is 18.9 Å². The van der Waals surface area contributed by atoms with Crippen LogP contribution in [0, 0.1) is 0 Å². The predicted octanol–water partition coefficient (Wildman–Crippen LogP) is 4.37. The summed E-state index contributed by atoms with van der Waals surface area (Å²) >= 11 is 0. The SMILES string of the molecule is CN(CC(=O)Nc1ccnn1C1CCCC1)Cc1ccc(C(C)(C)C)cc1. The molecule has 3 rings (SSSR count). The van der Waals surface area contributed by atoms with E-state index in [0.29, 0.717) is 12.6 Å². The summed E-state index contributed by atoms with van der Waals surface area (Å²) in [6, 6.07) is 11.0. The zero-order valence-electron chi connectivity index (χ0n) is 17.0. The van der Waals surface area contributed by atoms with Gasteiger partial charge in [-0.15, -0.1) is 0 Å². The Kier molecular flexibility index (Phi) is 6.00.